The van der Waals surface area contributed by atoms with E-state index in [1.54, 1.807) is 0 Å². The van der Waals surface area contributed by atoms with Gasteiger partial charge in [0.25, 0.3) is 0 Å². The lowest BCUT2D eigenvalue weighted by Gasteiger charge is -2.44. The van der Waals surface area contributed by atoms with Crippen molar-refractivity contribution in [1.82, 2.24) is 10.6 Å². The Morgan fingerprint density at radius 1 is 0.828 bits per heavy atom. The van der Waals surface area contributed by atoms with E-state index in [2.05, 4.69) is 10.6 Å². The van der Waals surface area contributed by atoms with E-state index in [4.69, 9.17) is 14.2 Å². The summed E-state index contributed by atoms with van der Waals surface area (Å²) >= 11 is 0. The summed E-state index contributed by atoms with van der Waals surface area (Å²) in [5.74, 6) is -1.09. The summed E-state index contributed by atoms with van der Waals surface area (Å²) in [4.78, 5) is 22.6. The molecule has 13 heteroatoms. The van der Waals surface area contributed by atoms with Gasteiger partial charge in [-0.1, -0.05) is 0 Å². The van der Waals surface area contributed by atoms with Gasteiger partial charge >= 0.3 is 0 Å². The molecular formula is C16H28N2O11. The molecular weight excluding hydrogens is 396 g/mol. The Morgan fingerprint density at radius 3 is 1.90 bits per heavy atom. The van der Waals surface area contributed by atoms with Crippen molar-refractivity contribution in [1.29, 1.82) is 0 Å². The number of aliphatic hydroxyl groups excluding tert-OH is 6. The third kappa shape index (κ3) is 5.59. The molecule has 0 saturated carbocycles. The Hall–Kier alpha value is -1.42. The van der Waals surface area contributed by atoms with E-state index in [1.165, 1.54) is 13.8 Å². The molecule has 2 aliphatic rings. The van der Waals surface area contributed by atoms with Crippen LogP contribution in [-0.2, 0) is 23.8 Å². The SMILES string of the molecule is CC(=O)N[C@H]1[C@@H](OC[C@H]2OC(O)[C@H](NC(C)=O)[C@@H](O)[C@H]2O)O[C@H](CO)[C@H](O)[C@@H]1O. The third-order valence-electron chi connectivity index (χ3n) is 4.77. The Bertz CT molecular complexity index is 579. The van der Waals surface area contributed by atoms with Gasteiger partial charge in [0.2, 0.25) is 11.8 Å². The highest BCUT2D eigenvalue weighted by Crippen LogP contribution is 2.25. The molecule has 2 saturated heterocycles. The van der Waals surface area contributed by atoms with E-state index in [0.29, 0.717) is 0 Å². The van der Waals surface area contributed by atoms with Crippen molar-refractivity contribution in [3.05, 3.63) is 0 Å². The van der Waals surface area contributed by atoms with E-state index in [1.807, 2.05) is 0 Å². The average Bonchev–Trinajstić information content (AvgIpc) is 2.65. The highest BCUT2D eigenvalue weighted by atomic mass is 16.7. The highest BCUT2D eigenvalue weighted by Gasteiger charge is 2.48. The first-order valence-corrected chi connectivity index (χ1v) is 9.04. The zero-order chi connectivity index (χ0) is 21.9. The third-order valence-corrected chi connectivity index (χ3v) is 4.77. The summed E-state index contributed by atoms with van der Waals surface area (Å²) in [7, 11) is 0. The second kappa shape index (κ2) is 10.1. The van der Waals surface area contributed by atoms with Gasteiger partial charge in [-0.25, -0.2) is 0 Å². The van der Waals surface area contributed by atoms with Gasteiger partial charge in [-0.15, -0.1) is 0 Å². The largest absolute Gasteiger partial charge is 0.394 e. The molecule has 0 radical (unpaired) electrons. The molecule has 2 rings (SSSR count). The molecule has 29 heavy (non-hydrogen) atoms. The monoisotopic (exact) mass is 424 g/mol. The maximum absolute atomic E-state index is 11.4. The summed E-state index contributed by atoms with van der Waals surface area (Å²) in [6, 6.07) is -2.46. The molecule has 0 aromatic rings. The van der Waals surface area contributed by atoms with Crippen molar-refractivity contribution >= 4 is 11.8 Å². The molecule has 0 spiro atoms. The van der Waals surface area contributed by atoms with Gasteiger partial charge < -0.3 is 55.5 Å². The summed E-state index contributed by atoms with van der Waals surface area (Å²) in [5.41, 5.74) is 0. The lowest BCUT2D eigenvalue weighted by molar-refractivity contribution is -0.297. The average molecular weight is 424 g/mol. The minimum atomic E-state index is -1.64. The molecule has 0 aromatic carbocycles. The first-order valence-electron chi connectivity index (χ1n) is 9.04. The smallest absolute Gasteiger partial charge is 0.217 e. The van der Waals surface area contributed by atoms with E-state index in [-0.39, 0.29) is 0 Å². The van der Waals surface area contributed by atoms with Crippen LogP contribution in [0.1, 0.15) is 13.8 Å². The van der Waals surface area contributed by atoms with E-state index in [0.717, 1.165) is 0 Å². The molecule has 8 N–H and O–H groups in total. The van der Waals surface area contributed by atoms with Crippen molar-refractivity contribution in [2.75, 3.05) is 13.2 Å². The molecule has 2 heterocycles. The quantitative estimate of drug-likeness (QED) is 0.202. The van der Waals surface area contributed by atoms with Crippen LogP contribution in [0, 0.1) is 0 Å². The maximum Gasteiger partial charge on any atom is 0.217 e. The molecule has 13 nitrogen and oxygen atoms in total. The Kier molecular flexibility index (Phi) is 8.28. The zero-order valence-corrected chi connectivity index (χ0v) is 15.9. The predicted octanol–water partition coefficient (Wildman–Crippen LogP) is -5.11. The maximum atomic E-state index is 11.4. The summed E-state index contributed by atoms with van der Waals surface area (Å²) in [5, 5.41) is 64.4. The topological polar surface area (TPSA) is 207 Å². The van der Waals surface area contributed by atoms with Crippen molar-refractivity contribution in [3.63, 3.8) is 0 Å². The molecule has 2 aliphatic heterocycles. The minimum Gasteiger partial charge on any atom is -0.394 e. The standard InChI is InChI=1S/C16H28N2O11/c1-5(20)17-9-13(24)12(23)8(28-15(9)26)4-27-16-10(18-6(2)21)14(25)11(22)7(3-19)29-16/h7-16,19,22-26H,3-4H2,1-2H3,(H,17,20)(H,18,21)/t7-,8-,9-,10-,11+,12+,13-,14-,15?,16+/m1/s1. The van der Waals surface area contributed by atoms with Crippen LogP contribution in [-0.4, -0.2) is 117 Å². The lowest BCUT2D eigenvalue weighted by Crippen LogP contribution is -2.66. The van der Waals surface area contributed by atoms with Crippen LogP contribution in [0.15, 0.2) is 0 Å². The summed E-state index contributed by atoms with van der Waals surface area (Å²) in [6.45, 7) is 1.26. The molecule has 0 aromatic heterocycles. The number of ether oxygens (including phenoxy) is 3. The molecule has 0 aliphatic carbocycles. The Morgan fingerprint density at radius 2 is 1.34 bits per heavy atom. The van der Waals surface area contributed by atoms with Crippen molar-refractivity contribution in [3.8, 4) is 0 Å². The number of amides is 2. The van der Waals surface area contributed by atoms with Crippen molar-refractivity contribution in [2.24, 2.45) is 0 Å². The van der Waals surface area contributed by atoms with E-state index >= 15 is 0 Å². The van der Waals surface area contributed by atoms with Gasteiger partial charge in [0.15, 0.2) is 12.6 Å². The van der Waals surface area contributed by atoms with Crippen molar-refractivity contribution in [2.45, 2.75) is 75.1 Å². The molecule has 0 bridgehead atoms. The van der Waals surface area contributed by atoms with E-state index in [9.17, 15) is 40.2 Å². The molecule has 1 unspecified atom stereocenters. The molecule has 10 atom stereocenters. The van der Waals surface area contributed by atoms with Gasteiger partial charge in [0, 0.05) is 13.8 Å². The number of hydrogen-bond acceptors (Lipinski definition) is 11. The van der Waals surface area contributed by atoms with Crippen molar-refractivity contribution < 1.29 is 54.4 Å². The second-order valence-electron chi connectivity index (χ2n) is 7.04. The Balaban J connectivity index is 2.05. The number of aliphatic hydroxyl groups is 6. The van der Waals surface area contributed by atoms with Gasteiger partial charge in [-0.2, -0.15) is 0 Å². The van der Waals surface area contributed by atoms with Crippen LogP contribution in [0.25, 0.3) is 0 Å². The molecule has 2 amide bonds. The van der Waals surface area contributed by atoms with Gasteiger partial charge in [0.05, 0.1) is 13.2 Å². The lowest BCUT2D eigenvalue weighted by atomic mass is 9.96. The van der Waals surface area contributed by atoms with Gasteiger partial charge in [-0.05, 0) is 0 Å². The van der Waals surface area contributed by atoms with Crippen LogP contribution in [0.3, 0.4) is 0 Å². The van der Waals surface area contributed by atoms with Crippen LogP contribution >= 0.6 is 0 Å². The van der Waals surface area contributed by atoms with Crippen LogP contribution in [0.5, 0.6) is 0 Å². The number of rotatable bonds is 6. The van der Waals surface area contributed by atoms with E-state index < -0.39 is 86.3 Å². The normalized spacial score (nSPS) is 42.9. The number of carbonyl (C=O) groups excluding carboxylic acids is 2. The highest BCUT2D eigenvalue weighted by molar-refractivity contribution is 5.73. The first-order chi connectivity index (χ1) is 13.6. The van der Waals surface area contributed by atoms with Crippen LogP contribution in [0.4, 0.5) is 0 Å². The zero-order valence-electron chi connectivity index (χ0n) is 15.9. The van der Waals surface area contributed by atoms with Gasteiger partial charge in [0.1, 0.15) is 48.7 Å². The van der Waals surface area contributed by atoms with Crippen LogP contribution < -0.4 is 10.6 Å². The number of hydrogen-bond donors (Lipinski definition) is 8. The fourth-order valence-electron chi connectivity index (χ4n) is 3.28. The fourth-order valence-corrected chi connectivity index (χ4v) is 3.28. The minimum absolute atomic E-state index is 0.455. The summed E-state index contributed by atoms with van der Waals surface area (Å²) in [6.07, 6.45) is -11.5. The first kappa shape index (κ1) is 23.9. The number of nitrogens with one attached hydrogen (secondary N) is 2. The predicted molar refractivity (Wildman–Crippen MR) is 91.8 cm³/mol. The fraction of sp³-hybridized carbons (Fsp3) is 0.875. The Labute approximate surface area is 166 Å². The summed E-state index contributed by atoms with van der Waals surface area (Å²) < 4.78 is 16.0. The second-order valence-corrected chi connectivity index (χ2v) is 7.04. The molecule has 168 valence electrons. The van der Waals surface area contributed by atoms with Crippen LogP contribution in [0.2, 0.25) is 0 Å². The number of carbonyl (C=O) groups is 2. The van der Waals surface area contributed by atoms with Gasteiger partial charge in [-0.3, -0.25) is 9.59 Å². The molecule has 2 fully saturated rings.